The minimum atomic E-state index is -0.971. The number of hydrogen-bond acceptors (Lipinski definition) is 5. The number of carbonyl (C=O) groups is 2. The van der Waals surface area contributed by atoms with Crippen LogP contribution in [0.15, 0.2) is 33.7 Å². The zero-order chi connectivity index (χ0) is 17.8. The number of rotatable bonds is 6. The summed E-state index contributed by atoms with van der Waals surface area (Å²) in [5.74, 6) is -0.580. The normalized spacial score (nSPS) is 14.6. The van der Waals surface area contributed by atoms with Gasteiger partial charge in [0.2, 0.25) is 0 Å². The van der Waals surface area contributed by atoms with Crippen LogP contribution in [0, 0.1) is 0 Å². The van der Waals surface area contributed by atoms with Crippen molar-refractivity contribution in [2.45, 2.75) is 43.0 Å². The Hall–Kier alpha value is -2.28. The SMILES string of the molecule is CSc1ccc(C(CC(=O)O)NC(=O)c2noc3c2CCCC3)cc1. The Morgan fingerprint density at radius 3 is 2.68 bits per heavy atom. The summed E-state index contributed by atoms with van der Waals surface area (Å²) in [6.07, 6.45) is 5.39. The molecule has 7 heteroatoms. The number of carboxylic acids is 1. The fourth-order valence-electron chi connectivity index (χ4n) is 3.05. The molecule has 2 aromatic rings. The third kappa shape index (κ3) is 4.04. The topological polar surface area (TPSA) is 92.4 Å². The number of carbonyl (C=O) groups excluding carboxylic acids is 1. The molecule has 0 spiro atoms. The van der Waals surface area contributed by atoms with Crippen molar-refractivity contribution in [2.24, 2.45) is 0 Å². The van der Waals surface area contributed by atoms with Crippen LogP contribution in [-0.2, 0) is 17.6 Å². The summed E-state index contributed by atoms with van der Waals surface area (Å²) in [6.45, 7) is 0. The van der Waals surface area contributed by atoms with Crippen LogP contribution < -0.4 is 5.32 Å². The van der Waals surface area contributed by atoms with Gasteiger partial charge in [0.15, 0.2) is 5.69 Å². The minimum Gasteiger partial charge on any atom is -0.481 e. The first-order valence-corrected chi connectivity index (χ1v) is 9.45. The second-order valence-electron chi connectivity index (χ2n) is 6.04. The van der Waals surface area contributed by atoms with Gasteiger partial charge in [-0.25, -0.2) is 0 Å². The van der Waals surface area contributed by atoms with E-state index < -0.39 is 12.0 Å². The molecule has 0 saturated heterocycles. The largest absolute Gasteiger partial charge is 0.481 e. The van der Waals surface area contributed by atoms with Crippen molar-refractivity contribution in [1.82, 2.24) is 10.5 Å². The van der Waals surface area contributed by atoms with E-state index in [1.165, 1.54) is 0 Å². The van der Waals surface area contributed by atoms with Crippen molar-refractivity contribution in [1.29, 1.82) is 0 Å². The fourth-order valence-corrected chi connectivity index (χ4v) is 3.46. The van der Waals surface area contributed by atoms with Crippen molar-refractivity contribution < 1.29 is 19.2 Å². The van der Waals surface area contributed by atoms with Gasteiger partial charge in [-0.3, -0.25) is 9.59 Å². The van der Waals surface area contributed by atoms with E-state index in [2.05, 4.69) is 10.5 Å². The predicted octanol–water partition coefficient (Wildman–Crippen LogP) is 3.22. The van der Waals surface area contributed by atoms with Crippen LogP contribution in [0.3, 0.4) is 0 Å². The standard InChI is InChI=1S/C18H20N2O4S/c1-25-12-8-6-11(7-9-12)14(10-16(21)22)19-18(23)17-13-4-2-3-5-15(13)24-20-17/h6-9,14H,2-5,10H2,1H3,(H,19,23)(H,21,22). The zero-order valence-electron chi connectivity index (χ0n) is 13.9. The molecule has 1 aliphatic carbocycles. The first-order chi connectivity index (χ1) is 12.1. The highest BCUT2D eigenvalue weighted by Crippen LogP contribution is 2.26. The van der Waals surface area contributed by atoms with E-state index in [9.17, 15) is 14.7 Å². The Morgan fingerprint density at radius 1 is 1.28 bits per heavy atom. The number of hydrogen-bond donors (Lipinski definition) is 2. The number of amides is 1. The molecular formula is C18H20N2O4S. The van der Waals surface area contributed by atoms with Crippen LogP contribution in [0.1, 0.15) is 52.7 Å². The summed E-state index contributed by atoms with van der Waals surface area (Å²) in [5, 5.41) is 15.9. The van der Waals surface area contributed by atoms with Gasteiger partial charge in [0.25, 0.3) is 5.91 Å². The van der Waals surface area contributed by atoms with Crippen LogP contribution in [0.5, 0.6) is 0 Å². The molecule has 1 aromatic carbocycles. The molecule has 1 unspecified atom stereocenters. The number of aryl methyl sites for hydroxylation is 1. The summed E-state index contributed by atoms with van der Waals surface area (Å²) in [5.41, 5.74) is 1.90. The molecule has 0 saturated carbocycles. The van der Waals surface area contributed by atoms with E-state index in [4.69, 9.17) is 4.52 Å². The first-order valence-electron chi connectivity index (χ1n) is 8.22. The molecule has 25 heavy (non-hydrogen) atoms. The third-order valence-corrected chi connectivity index (χ3v) is 5.11. The molecular weight excluding hydrogens is 340 g/mol. The van der Waals surface area contributed by atoms with Crippen LogP contribution in [0.4, 0.5) is 0 Å². The molecule has 1 amide bonds. The molecule has 0 aliphatic heterocycles. The molecule has 1 heterocycles. The van der Waals surface area contributed by atoms with Gasteiger partial charge in [-0.05, 0) is 43.2 Å². The monoisotopic (exact) mass is 360 g/mol. The average molecular weight is 360 g/mol. The number of aliphatic carboxylic acids is 1. The van der Waals surface area contributed by atoms with Crippen LogP contribution >= 0.6 is 11.8 Å². The van der Waals surface area contributed by atoms with E-state index in [0.29, 0.717) is 0 Å². The maximum Gasteiger partial charge on any atom is 0.305 e. The van der Waals surface area contributed by atoms with Gasteiger partial charge in [-0.15, -0.1) is 11.8 Å². The van der Waals surface area contributed by atoms with Crippen molar-refractivity contribution in [3.8, 4) is 0 Å². The van der Waals surface area contributed by atoms with E-state index in [1.54, 1.807) is 11.8 Å². The lowest BCUT2D eigenvalue weighted by Gasteiger charge is -2.18. The van der Waals surface area contributed by atoms with Gasteiger partial charge in [0.1, 0.15) is 5.76 Å². The molecule has 6 nitrogen and oxygen atoms in total. The maximum atomic E-state index is 12.6. The number of thioether (sulfide) groups is 1. The minimum absolute atomic E-state index is 0.190. The Labute approximate surface area is 150 Å². The first kappa shape index (κ1) is 17.5. The van der Waals surface area contributed by atoms with Crippen molar-refractivity contribution >= 4 is 23.6 Å². The summed E-state index contributed by atoms with van der Waals surface area (Å²) in [7, 11) is 0. The van der Waals surface area contributed by atoms with E-state index >= 15 is 0 Å². The second-order valence-corrected chi connectivity index (χ2v) is 6.92. The summed E-state index contributed by atoms with van der Waals surface area (Å²) in [6, 6.07) is 6.91. The van der Waals surface area contributed by atoms with Crippen molar-refractivity contribution in [3.05, 3.63) is 46.8 Å². The van der Waals surface area contributed by atoms with Gasteiger partial charge in [0, 0.05) is 16.9 Å². The second kappa shape index (κ2) is 7.74. The number of benzene rings is 1. The molecule has 1 aliphatic rings. The zero-order valence-corrected chi connectivity index (χ0v) is 14.8. The van der Waals surface area contributed by atoms with Crippen molar-refractivity contribution in [3.63, 3.8) is 0 Å². The summed E-state index contributed by atoms with van der Waals surface area (Å²) in [4.78, 5) is 24.9. The van der Waals surface area contributed by atoms with Gasteiger partial charge in [-0.2, -0.15) is 0 Å². The molecule has 132 valence electrons. The van der Waals surface area contributed by atoms with Gasteiger partial charge < -0.3 is 14.9 Å². The maximum absolute atomic E-state index is 12.6. The van der Waals surface area contributed by atoms with Gasteiger partial charge in [0.05, 0.1) is 12.5 Å². The Balaban J connectivity index is 1.80. The Bertz CT molecular complexity index is 770. The highest BCUT2D eigenvalue weighted by atomic mass is 32.2. The molecule has 0 fully saturated rings. The number of carboxylic acid groups (broad SMARTS) is 1. The van der Waals surface area contributed by atoms with E-state index in [-0.39, 0.29) is 18.0 Å². The molecule has 2 N–H and O–H groups in total. The summed E-state index contributed by atoms with van der Waals surface area (Å²) < 4.78 is 5.28. The number of fused-ring (bicyclic) bond motifs is 1. The van der Waals surface area contributed by atoms with Crippen molar-refractivity contribution in [2.75, 3.05) is 6.26 Å². The van der Waals surface area contributed by atoms with E-state index in [0.717, 1.165) is 47.5 Å². The van der Waals surface area contributed by atoms with E-state index in [1.807, 2.05) is 30.5 Å². The lowest BCUT2D eigenvalue weighted by Crippen LogP contribution is -2.31. The van der Waals surface area contributed by atoms with Crippen LogP contribution in [0.2, 0.25) is 0 Å². The smallest absolute Gasteiger partial charge is 0.305 e. The Morgan fingerprint density at radius 2 is 2.00 bits per heavy atom. The molecule has 0 radical (unpaired) electrons. The number of nitrogens with zero attached hydrogens (tertiary/aromatic N) is 1. The molecule has 3 rings (SSSR count). The summed E-state index contributed by atoms with van der Waals surface area (Å²) >= 11 is 1.60. The third-order valence-electron chi connectivity index (χ3n) is 4.37. The number of aromatic nitrogens is 1. The predicted molar refractivity (Wildman–Crippen MR) is 93.8 cm³/mol. The number of nitrogens with one attached hydrogen (secondary N) is 1. The van der Waals surface area contributed by atoms with Crippen LogP contribution in [-0.4, -0.2) is 28.4 Å². The highest BCUT2D eigenvalue weighted by molar-refractivity contribution is 7.98. The fraction of sp³-hybridized carbons (Fsp3) is 0.389. The molecule has 1 aromatic heterocycles. The van der Waals surface area contributed by atoms with Gasteiger partial charge in [-0.1, -0.05) is 17.3 Å². The molecule has 0 bridgehead atoms. The quantitative estimate of drug-likeness (QED) is 0.769. The average Bonchev–Trinajstić information content (AvgIpc) is 3.05. The lowest BCUT2D eigenvalue weighted by molar-refractivity contribution is -0.137. The lowest BCUT2D eigenvalue weighted by atomic mass is 9.96. The highest BCUT2D eigenvalue weighted by Gasteiger charge is 2.26. The molecule has 1 atom stereocenters. The van der Waals surface area contributed by atoms with Gasteiger partial charge >= 0.3 is 5.97 Å². The van der Waals surface area contributed by atoms with Crippen LogP contribution in [0.25, 0.3) is 0 Å². The Kier molecular flexibility index (Phi) is 5.43.